The van der Waals surface area contributed by atoms with Crippen LogP contribution in [-0.4, -0.2) is 25.9 Å². The Kier molecular flexibility index (Phi) is 4.10. The van der Waals surface area contributed by atoms with Crippen molar-refractivity contribution in [3.63, 3.8) is 0 Å². The fourth-order valence-corrected chi connectivity index (χ4v) is 4.00. The molecule has 0 amide bonds. The van der Waals surface area contributed by atoms with Gasteiger partial charge in [-0.15, -0.1) is 11.3 Å². The van der Waals surface area contributed by atoms with Gasteiger partial charge in [0.1, 0.15) is 22.1 Å². The number of hydrogen-bond acceptors (Lipinski definition) is 6. The monoisotopic (exact) mass is 352 g/mol. The average Bonchev–Trinajstić information content (AvgIpc) is 3.14. The normalized spacial score (nSPS) is 11.5. The van der Waals surface area contributed by atoms with Gasteiger partial charge in [-0.25, -0.2) is 15.0 Å². The number of fused-ring (bicyclic) bond motifs is 2. The Hall–Kier alpha value is -2.51. The van der Waals surface area contributed by atoms with Crippen LogP contribution >= 0.6 is 11.3 Å². The fraction of sp³-hybridized carbons (Fsp3) is 0.278. The van der Waals surface area contributed by atoms with E-state index in [-0.39, 0.29) is 0 Å². The second kappa shape index (κ2) is 6.42. The average molecular weight is 352 g/mol. The smallest absolute Gasteiger partial charge is 0.139 e. The first-order valence-corrected chi connectivity index (χ1v) is 9.10. The number of nitrogens with one attached hydrogen (secondary N) is 1. The van der Waals surface area contributed by atoms with Crippen molar-refractivity contribution in [3.05, 3.63) is 52.6 Å². The molecule has 4 rings (SSSR count). The zero-order valence-corrected chi connectivity index (χ0v) is 15.1. The van der Waals surface area contributed by atoms with E-state index >= 15 is 0 Å². The van der Waals surface area contributed by atoms with Crippen molar-refractivity contribution in [2.45, 2.75) is 26.8 Å². The van der Waals surface area contributed by atoms with E-state index in [0.717, 1.165) is 33.2 Å². The van der Waals surface area contributed by atoms with Crippen LogP contribution in [0.15, 0.2) is 30.6 Å². The standard InChI is InChI=1S/C18H20N6S/c1-11-12(2)25-18-16(11)17(22-14(23-18)6-7-19)21-10-13-9-20-15-5-3-4-8-24(13)15/h3-5,8-9H,6-7,10,19H2,1-2H3,(H,21,22,23). The number of pyridine rings is 1. The molecule has 7 heteroatoms. The molecule has 0 aromatic carbocycles. The highest BCUT2D eigenvalue weighted by atomic mass is 32.1. The number of anilines is 1. The lowest BCUT2D eigenvalue weighted by molar-refractivity contribution is 0.877. The molecular weight excluding hydrogens is 332 g/mol. The van der Waals surface area contributed by atoms with Crippen molar-refractivity contribution in [2.24, 2.45) is 5.73 Å². The largest absolute Gasteiger partial charge is 0.364 e. The summed E-state index contributed by atoms with van der Waals surface area (Å²) >= 11 is 1.71. The fourth-order valence-electron chi connectivity index (χ4n) is 2.95. The molecule has 4 aromatic rings. The second-order valence-electron chi connectivity index (χ2n) is 6.02. The Morgan fingerprint density at radius 2 is 2.12 bits per heavy atom. The summed E-state index contributed by atoms with van der Waals surface area (Å²) in [6.07, 6.45) is 4.60. The van der Waals surface area contributed by atoms with E-state index < -0.39 is 0 Å². The van der Waals surface area contributed by atoms with Gasteiger partial charge in [0.25, 0.3) is 0 Å². The third-order valence-electron chi connectivity index (χ3n) is 4.37. The summed E-state index contributed by atoms with van der Waals surface area (Å²) < 4.78 is 2.08. The molecule has 25 heavy (non-hydrogen) atoms. The Morgan fingerprint density at radius 3 is 2.96 bits per heavy atom. The van der Waals surface area contributed by atoms with Crippen molar-refractivity contribution in [2.75, 3.05) is 11.9 Å². The number of hydrogen-bond donors (Lipinski definition) is 2. The first-order chi connectivity index (χ1) is 12.2. The van der Waals surface area contributed by atoms with Crippen LogP contribution in [0.3, 0.4) is 0 Å². The Labute approximate surface area is 149 Å². The van der Waals surface area contributed by atoms with Crippen LogP contribution < -0.4 is 11.1 Å². The van der Waals surface area contributed by atoms with Gasteiger partial charge in [0, 0.05) is 17.5 Å². The van der Waals surface area contributed by atoms with Gasteiger partial charge in [-0.05, 0) is 38.1 Å². The summed E-state index contributed by atoms with van der Waals surface area (Å²) in [5, 5.41) is 4.60. The first kappa shape index (κ1) is 16.0. The van der Waals surface area contributed by atoms with E-state index in [1.165, 1.54) is 10.4 Å². The number of aryl methyl sites for hydroxylation is 2. The lowest BCUT2D eigenvalue weighted by atomic mass is 10.2. The third-order valence-corrected chi connectivity index (χ3v) is 5.47. The maximum atomic E-state index is 5.69. The predicted octanol–water partition coefficient (Wildman–Crippen LogP) is 3.07. The van der Waals surface area contributed by atoms with Gasteiger partial charge >= 0.3 is 0 Å². The number of thiophene rings is 1. The highest BCUT2D eigenvalue weighted by Gasteiger charge is 2.15. The predicted molar refractivity (Wildman–Crippen MR) is 102 cm³/mol. The van der Waals surface area contributed by atoms with E-state index in [4.69, 9.17) is 10.7 Å². The van der Waals surface area contributed by atoms with Crippen molar-refractivity contribution in [1.82, 2.24) is 19.4 Å². The molecule has 0 bridgehead atoms. The van der Waals surface area contributed by atoms with E-state index in [1.54, 1.807) is 11.3 Å². The molecule has 0 radical (unpaired) electrons. The van der Waals surface area contributed by atoms with Crippen molar-refractivity contribution < 1.29 is 0 Å². The summed E-state index contributed by atoms with van der Waals surface area (Å²) in [5.41, 5.74) is 8.96. The quantitative estimate of drug-likeness (QED) is 0.577. The number of imidazole rings is 1. The van der Waals surface area contributed by atoms with Crippen LogP contribution in [0, 0.1) is 13.8 Å². The summed E-state index contributed by atoms with van der Waals surface area (Å²) in [6, 6.07) is 6.00. The van der Waals surface area contributed by atoms with Crippen LogP contribution in [-0.2, 0) is 13.0 Å². The van der Waals surface area contributed by atoms with Crippen LogP contribution in [0.5, 0.6) is 0 Å². The number of nitrogens with two attached hydrogens (primary N) is 1. The Morgan fingerprint density at radius 1 is 1.24 bits per heavy atom. The van der Waals surface area contributed by atoms with E-state index in [0.29, 0.717) is 19.5 Å². The van der Waals surface area contributed by atoms with Gasteiger partial charge in [-0.1, -0.05) is 6.07 Å². The Balaban J connectivity index is 1.72. The topological polar surface area (TPSA) is 81.1 Å². The molecular formula is C18H20N6S. The van der Waals surface area contributed by atoms with Crippen LogP contribution in [0.1, 0.15) is 22.0 Å². The molecule has 0 aliphatic heterocycles. The second-order valence-corrected chi connectivity index (χ2v) is 7.23. The minimum atomic E-state index is 0.543. The van der Waals surface area contributed by atoms with E-state index in [2.05, 4.69) is 33.5 Å². The van der Waals surface area contributed by atoms with Gasteiger partial charge < -0.3 is 15.5 Å². The number of nitrogens with zero attached hydrogens (tertiary/aromatic N) is 4. The molecule has 0 aliphatic rings. The van der Waals surface area contributed by atoms with Crippen molar-refractivity contribution >= 4 is 33.0 Å². The number of aromatic nitrogens is 4. The zero-order valence-electron chi connectivity index (χ0n) is 14.3. The molecule has 0 fully saturated rings. The van der Waals surface area contributed by atoms with Gasteiger partial charge in [-0.3, -0.25) is 0 Å². The zero-order chi connectivity index (χ0) is 17.4. The van der Waals surface area contributed by atoms with Gasteiger partial charge in [0.2, 0.25) is 0 Å². The SMILES string of the molecule is Cc1sc2nc(CCN)nc(NCc3cnc4ccccn34)c2c1C. The van der Waals surface area contributed by atoms with Crippen molar-refractivity contribution in [3.8, 4) is 0 Å². The van der Waals surface area contributed by atoms with Gasteiger partial charge in [0.15, 0.2) is 0 Å². The molecule has 4 heterocycles. The van der Waals surface area contributed by atoms with Gasteiger partial charge in [0.05, 0.1) is 23.8 Å². The molecule has 0 atom stereocenters. The summed E-state index contributed by atoms with van der Waals surface area (Å²) in [4.78, 5) is 16.1. The molecule has 6 nitrogen and oxygen atoms in total. The Bertz CT molecular complexity index is 1050. The van der Waals surface area contributed by atoms with Crippen molar-refractivity contribution in [1.29, 1.82) is 0 Å². The van der Waals surface area contributed by atoms with Crippen LogP contribution in [0.4, 0.5) is 5.82 Å². The minimum Gasteiger partial charge on any atom is -0.364 e. The highest BCUT2D eigenvalue weighted by Crippen LogP contribution is 2.33. The molecule has 0 saturated heterocycles. The van der Waals surface area contributed by atoms with E-state index in [1.807, 2.05) is 30.6 Å². The minimum absolute atomic E-state index is 0.543. The van der Waals surface area contributed by atoms with Gasteiger partial charge in [-0.2, -0.15) is 0 Å². The van der Waals surface area contributed by atoms with Crippen LogP contribution in [0.2, 0.25) is 0 Å². The maximum absolute atomic E-state index is 5.69. The lowest BCUT2D eigenvalue weighted by Gasteiger charge is -2.09. The third kappa shape index (κ3) is 2.85. The van der Waals surface area contributed by atoms with Crippen LogP contribution in [0.25, 0.3) is 15.9 Å². The maximum Gasteiger partial charge on any atom is 0.139 e. The molecule has 0 spiro atoms. The molecule has 4 aromatic heterocycles. The molecule has 0 aliphatic carbocycles. The number of rotatable bonds is 5. The summed E-state index contributed by atoms with van der Waals surface area (Å²) in [6.45, 7) is 5.44. The molecule has 3 N–H and O–H groups in total. The summed E-state index contributed by atoms with van der Waals surface area (Å²) in [7, 11) is 0. The van der Waals surface area contributed by atoms with E-state index in [9.17, 15) is 0 Å². The highest BCUT2D eigenvalue weighted by molar-refractivity contribution is 7.18. The lowest BCUT2D eigenvalue weighted by Crippen LogP contribution is -2.10. The molecule has 0 unspecified atom stereocenters. The molecule has 128 valence electrons. The first-order valence-electron chi connectivity index (χ1n) is 8.29. The summed E-state index contributed by atoms with van der Waals surface area (Å²) in [5.74, 6) is 1.66. The molecule has 0 saturated carbocycles.